The average molecular weight is 349 g/mol. The van der Waals surface area contributed by atoms with Crippen molar-refractivity contribution in [1.29, 1.82) is 5.26 Å². The smallest absolute Gasteiger partial charge is 0.309 e. The van der Waals surface area contributed by atoms with Gasteiger partial charge in [0.2, 0.25) is 0 Å². The van der Waals surface area contributed by atoms with Crippen molar-refractivity contribution < 1.29 is 17.9 Å². The second-order valence-electron chi connectivity index (χ2n) is 6.47. The van der Waals surface area contributed by atoms with Crippen LogP contribution >= 0.6 is 0 Å². The third kappa shape index (κ3) is 5.64. The second kappa shape index (κ2) is 8.29. The molecule has 2 atom stereocenters. The van der Waals surface area contributed by atoms with Crippen molar-refractivity contribution in [2.45, 2.75) is 32.1 Å². The maximum atomic E-state index is 12.0. The molecule has 1 aromatic carbocycles. The van der Waals surface area contributed by atoms with Crippen LogP contribution in [0, 0.1) is 23.2 Å². The number of hydrogen-bond donors (Lipinski definition) is 0. The van der Waals surface area contributed by atoms with Crippen LogP contribution in [0.5, 0.6) is 0 Å². The first kappa shape index (κ1) is 18.5. The van der Waals surface area contributed by atoms with Gasteiger partial charge in [0.25, 0.3) is 0 Å². The number of ether oxygens (including phenoxy) is 1. The van der Waals surface area contributed by atoms with E-state index in [0.29, 0.717) is 25.0 Å². The molecule has 2 rings (SSSR count). The second-order valence-corrected chi connectivity index (χ2v) is 8.65. The predicted octanol–water partition coefficient (Wildman–Crippen LogP) is 2.49. The molecule has 1 saturated heterocycles. The zero-order valence-electron chi connectivity index (χ0n) is 13.9. The van der Waals surface area contributed by atoms with E-state index in [0.717, 1.165) is 24.8 Å². The molecule has 130 valence electrons. The average Bonchev–Trinajstić information content (AvgIpc) is 2.53. The molecular formula is C18H23NO4S. The van der Waals surface area contributed by atoms with Gasteiger partial charge in [-0.1, -0.05) is 18.6 Å². The predicted molar refractivity (Wildman–Crippen MR) is 91.0 cm³/mol. The lowest BCUT2D eigenvalue weighted by molar-refractivity contribution is -0.156. The standard InChI is InChI=1S/C18H23NO4S/c1-24(21,22)13-16-10-11-23-18(20)17(16)5-3-2-4-14-6-8-15(12-19)9-7-14/h6-9,16-17H,2-5,10-11,13H2,1H3. The van der Waals surface area contributed by atoms with Crippen molar-refractivity contribution in [3.8, 4) is 6.07 Å². The van der Waals surface area contributed by atoms with Crippen LogP contribution in [0.4, 0.5) is 0 Å². The number of unbranched alkanes of at least 4 members (excludes halogenated alkanes) is 1. The number of carbonyl (C=O) groups is 1. The molecule has 1 heterocycles. The van der Waals surface area contributed by atoms with Crippen LogP contribution in [-0.2, 0) is 25.8 Å². The third-order valence-electron chi connectivity index (χ3n) is 4.44. The van der Waals surface area contributed by atoms with Crippen LogP contribution in [0.25, 0.3) is 0 Å². The number of nitriles is 1. The molecule has 0 radical (unpaired) electrons. The molecule has 0 amide bonds. The molecule has 0 spiro atoms. The zero-order chi connectivity index (χ0) is 17.6. The van der Waals surface area contributed by atoms with Gasteiger partial charge in [-0.25, -0.2) is 8.42 Å². The highest BCUT2D eigenvalue weighted by Crippen LogP contribution is 2.29. The fraction of sp³-hybridized carbons (Fsp3) is 0.556. The monoisotopic (exact) mass is 349 g/mol. The molecule has 5 nitrogen and oxygen atoms in total. The molecule has 0 bridgehead atoms. The molecule has 2 unspecified atom stereocenters. The molecular weight excluding hydrogens is 326 g/mol. The van der Waals surface area contributed by atoms with Gasteiger partial charge in [-0.05, 0) is 49.3 Å². The third-order valence-corrected chi connectivity index (χ3v) is 5.47. The lowest BCUT2D eigenvalue weighted by Gasteiger charge is -2.29. The number of hydrogen-bond acceptors (Lipinski definition) is 5. The minimum absolute atomic E-state index is 0.0579. The fourth-order valence-corrected chi connectivity index (χ4v) is 4.37. The molecule has 1 aliphatic heterocycles. The summed E-state index contributed by atoms with van der Waals surface area (Å²) >= 11 is 0. The number of carbonyl (C=O) groups excluding carboxylic acids is 1. The quantitative estimate of drug-likeness (QED) is 0.558. The summed E-state index contributed by atoms with van der Waals surface area (Å²) in [5.41, 5.74) is 1.81. The molecule has 6 heteroatoms. The van der Waals surface area contributed by atoms with Crippen LogP contribution in [0.2, 0.25) is 0 Å². The summed E-state index contributed by atoms with van der Waals surface area (Å²) in [6, 6.07) is 9.58. The molecule has 24 heavy (non-hydrogen) atoms. The van der Waals surface area contributed by atoms with Crippen molar-refractivity contribution >= 4 is 15.8 Å². The number of sulfone groups is 1. The summed E-state index contributed by atoms with van der Waals surface area (Å²) in [6.07, 6.45) is 5.15. The highest BCUT2D eigenvalue weighted by Gasteiger charge is 2.34. The summed E-state index contributed by atoms with van der Waals surface area (Å²) in [6.45, 7) is 0.320. The van der Waals surface area contributed by atoms with Crippen LogP contribution < -0.4 is 0 Å². The first-order valence-corrected chi connectivity index (χ1v) is 10.3. The van der Waals surface area contributed by atoms with Crippen LogP contribution in [0.1, 0.15) is 36.8 Å². The van der Waals surface area contributed by atoms with Gasteiger partial charge in [0.05, 0.1) is 29.9 Å². The Morgan fingerprint density at radius 3 is 2.58 bits per heavy atom. The minimum Gasteiger partial charge on any atom is -0.465 e. The van der Waals surface area contributed by atoms with Gasteiger partial charge >= 0.3 is 5.97 Å². The normalized spacial score (nSPS) is 21.1. The van der Waals surface area contributed by atoms with Gasteiger partial charge in [0.1, 0.15) is 9.84 Å². The Hall–Kier alpha value is -1.87. The maximum absolute atomic E-state index is 12.0. The Kier molecular flexibility index (Phi) is 6.38. The number of aryl methyl sites for hydroxylation is 1. The van der Waals surface area contributed by atoms with E-state index in [-0.39, 0.29) is 23.6 Å². The van der Waals surface area contributed by atoms with Gasteiger partial charge in [-0.15, -0.1) is 0 Å². The Bertz CT molecular complexity index is 704. The first-order chi connectivity index (χ1) is 11.4. The minimum atomic E-state index is -3.09. The van der Waals surface area contributed by atoms with Crippen LogP contribution in [-0.4, -0.2) is 33.0 Å². The van der Waals surface area contributed by atoms with E-state index in [1.165, 1.54) is 6.26 Å². The number of rotatable bonds is 7. The SMILES string of the molecule is CS(=O)(=O)CC1CCOC(=O)C1CCCCc1ccc(C#N)cc1. The van der Waals surface area contributed by atoms with E-state index in [4.69, 9.17) is 10.00 Å². The first-order valence-electron chi connectivity index (χ1n) is 8.22. The molecule has 0 N–H and O–H groups in total. The largest absolute Gasteiger partial charge is 0.465 e. The van der Waals surface area contributed by atoms with Gasteiger partial charge in [0, 0.05) is 6.26 Å². The zero-order valence-corrected chi connectivity index (χ0v) is 14.7. The number of benzene rings is 1. The van der Waals surface area contributed by atoms with Crippen LogP contribution in [0.3, 0.4) is 0 Å². The van der Waals surface area contributed by atoms with Crippen LogP contribution in [0.15, 0.2) is 24.3 Å². The van der Waals surface area contributed by atoms with Crippen molar-refractivity contribution in [2.75, 3.05) is 18.6 Å². The highest BCUT2D eigenvalue weighted by atomic mass is 32.2. The van der Waals surface area contributed by atoms with E-state index >= 15 is 0 Å². The number of nitrogens with zero attached hydrogens (tertiary/aromatic N) is 1. The Morgan fingerprint density at radius 2 is 1.96 bits per heavy atom. The summed E-state index contributed by atoms with van der Waals surface area (Å²) in [7, 11) is -3.09. The molecule has 1 aliphatic rings. The van der Waals surface area contributed by atoms with E-state index in [2.05, 4.69) is 6.07 Å². The lowest BCUT2D eigenvalue weighted by Crippen LogP contribution is -2.36. The Morgan fingerprint density at radius 1 is 1.25 bits per heavy atom. The van der Waals surface area contributed by atoms with Crippen molar-refractivity contribution in [2.24, 2.45) is 11.8 Å². The Balaban J connectivity index is 1.83. The van der Waals surface area contributed by atoms with Gasteiger partial charge in [-0.2, -0.15) is 5.26 Å². The van der Waals surface area contributed by atoms with E-state index in [9.17, 15) is 13.2 Å². The molecule has 1 fully saturated rings. The molecule has 0 aromatic heterocycles. The van der Waals surface area contributed by atoms with E-state index in [1.807, 2.05) is 12.1 Å². The summed E-state index contributed by atoms with van der Waals surface area (Å²) in [4.78, 5) is 12.0. The fourth-order valence-electron chi connectivity index (χ4n) is 3.19. The highest BCUT2D eigenvalue weighted by molar-refractivity contribution is 7.90. The van der Waals surface area contributed by atoms with E-state index < -0.39 is 9.84 Å². The van der Waals surface area contributed by atoms with Gasteiger partial charge in [-0.3, -0.25) is 4.79 Å². The number of cyclic esters (lactones) is 1. The molecule has 0 saturated carbocycles. The van der Waals surface area contributed by atoms with Crippen molar-refractivity contribution in [1.82, 2.24) is 0 Å². The summed E-state index contributed by atoms with van der Waals surface area (Å²) in [5, 5.41) is 8.78. The Labute approximate surface area is 143 Å². The topological polar surface area (TPSA) is 84.2 Å². The van der Waals surface area contributed by atoms with Gasteiger partial charge in [0.15, 0.2) is 0 Å². The molecule has 0 aliphatic carbocycles. The van der Waals surface area contributed by atoms with Crippen molar-refractivity contribution in [3.63, 3.8) is 0 Å². The summed E-state index contributed by atoms with van der Waals surface area (Å²) < 4.78 is 28.2. The maximum Gasteiger partial charge on any atom is 0.309 e. The van der Waals surface area contributed by atoms with Gasteiger partial charge < -0.3 is 4.74 Å². The molecule has 1 aromatic rings. The van der Waals surface area contributed by atoms with E-state index in [1.54, 1.807) is 12.1 Å². The summed E-state index contributed by atoms with van der Waals surface area (Å²) in [5.74, 6) is -0.638. The van der Waals surface area contributed by atoms with Crippen molar-refractivity contribution in [3.05, 3.63) is 35.4 Å². The lowest BCUT2D eigenvalue weighted by atomic mass is 9.85. The number of esters is 1.